The summed E-state index contributed by atoms with van der Waals surface area (Å²) in [6.45, 7) is 5.69. The molecule has 0 amide bonds. The molecule has 0 spiro atoms. The summed E-state index contributed by atoms with van der Waals surface area (Å²) in [5.74, 6) is 3.82. The fraction of sp³-hybridized carbons (Fsp3) is 0.556. The summed E-state index contributed by atoms with van der Waals surface area (Å²) in [5, 5.41) is 3.70. The van der Waals surface area contributed by atoms with Crippen LogP contribution in [0.2, 0.25) is 0 Å². The van der Waals surface area contributed by atoms with E-state index in [9.17, 15) is 0 Å². The van der Waals surface area contributed by atoms with Crippen LogP contribution in [-0.4, -0.2) is 10.1 Å². The van der Waals surface area contributed by atoms with Crippen LogP contribution in [0.4, 0.5) is 0 Å². The first kappa shape index (κ1) is 8.79. The van der Waals surface area contributed by atoms with Crippen LogP contribution >= 0.6 is 0 Å². The Hall–Kier alpha value is -1.30. The van der Waals surface area contributed by atoms with Crippen LogP contribution in [0.1, 0.15) is 32.0 Å². The van der Waals surface area contributed by atoms with Crippen molar-refractivity contribution in [2.75, 3.05) is 0 Å². The second-order valence-corrected chi connectivity index (χ2v) is 2.98. The summed E-state index contributed by atoms with van der Waals surface area (Å²) >= 11 is 0. The van der Waals surface area contributed by atoms with Crippen LogP contribution in [0.25, 0.3) is 0 Å². The summed E-state index contributed by atoms with van der Waals surface area (Å²) < 4.78 is 5.01. The molecule has 12 heavy (non-hydrogen) atoms. The predicted molar refractivity (Wildman–Crippen MR) is 45.5 cm³/mol. The van der Waals surface area contributed by atoms with Gasteiger partial charge in [-0.3, -0.25) is 0 Å². The minimum atomic E-state index is -0.415. The first-order valence-corrected chi connectivity index (χ1v) is 3.91. The molecule has 0 bridgehead atoms. The van der Waals surface area contributed by atoms with Gasteiger partial charge in [-0.15, -0.1) is 6.42 Å². The fourth-order valence-corrected chi connectivity index (χ4v) is 0.836. The molecule has 1 atom stereocenters. The molecule has 0 aliphatic rings. The Balaban J connectivity index is 3.05. The highest BCUT2D eigenvalue weighted by Gasteiger charge is 2.28. The third kappa shape index (κ3) is 1.33. The van der Waals surface area contributed by atoms with E-state index in [0.29, 0.717) is 11.7 Å². The minimum absolute atomic E-state index is 0.415. The molecule has 0 N–H and O–H groups in total. The molecule has 3 nitrogen and oxygen atoms in total. The molecule has 0 saturated heterocycles. The van der Waals surface area contributed by atoms with Crippen molar-refractivity contribution in [3.8, 4) is 12.3 Å². The Morgan fingerprint density at radius 3 is 2.67 bits per heavy atom. The average molecular weight is 164 g/mol. The Kier molecular flexibility index (Phi) is 2.18. The number of aryl methyl sites for hydroxylation is 1. The lowest BCUT2D eigenvalue weighted by molar-refractivity contribution is 0.325. The van der Waals surface area contributed by atoms with Crippen molar-refractivity contribution < 1.29 is 4.52 Å². The van der Waals surface area contributed by atoms with Crippen molar-refractivity contribution in [2.24, 2.45) is 0 Å². The van der Waals surface area contributed by atoms with Crippen molar-refractivity contribution in [3.63, 3.8) is 0 Å². The van der Waals surface area contributed by atoms with Crippen molar-refractivity contribution in [1.29, 1.82) is 0 Å². The van der Waals surface area contributed by atoms with Crippen LogP contribution in [0.15, 0.2) is 4.52 Å². The molecule has 1 aromatic heterocycles. The maximum absolute atomic E-state index is 5.38. The molecule has 0 fully saturated rings. The van der Waals surface area contributed by atoms with Crippen molar-refractivity contribution in [2.45, 2.75) is 32.6 Å². The topological polar surface area (TPSA) is 38.9 Å². The normalized spacial score (nSPS) is 15.2. The average Bonchev–Trinajstić information content (AvgIpc) is 2.51. The zero-order chi connectivity index (χ0) is 9.19. The summed E-state index contributed by atoms with van der Waals surface area (Å²) in [6.07, 6.45) is 6.18. The molecule has 0 aliphatic heterocycles. The van der Waals surface area contributed by atoms with Crippen LogP contribution < -0.4 is 0 Å². The van der Waals surface area contributed by atoms with E-state index in [1.807, 2.05) is 13.8 Å². The number of terminal acetylenes is 1. The largest absolute Gasteiger partial charge is 0.338 e. The monoisotopic (exact) mass is 164 g/mol. The van der Waals surface area contributed by atoms with Gasteiger partial charge >= 0.3 is 0 Å². The highest BCUT2D eigenvalue weighted by atomic mass is 16.5. The van der Waals surface area contributed by atoms with Crippen molar-refractivity contribution in [3.05, 3.63) is 11.7 Å². The molecule has 0 aromatic carbocycles. The summed E-state index contributed by atoms with van der Waals surface area (Å²) in [7, 11) is 0. The maximum atomic E-state index is 5.38. The molecule has 1 aromatic rings. The summed E-state index contributed by atoms with van der Waals surface area (Å²) in [6, 6.07) is 0. The first-order chi connectivity index (χ1) is 5.62. The SMILES string of the molecule is C#CC(C)(CC)c1nc(C)no1. The van der Waals surface area contributed by atoms with Gasteiger partial charge in [-0.05, 0) is 20.3 Å². The number of hydrogen-bond donors (Lipinski definition) is 0. The van der Waals surface area contributed by atoms with E-state index in [2.05, 4.69) is 16.1 Å². The van der Waals surface area contributed by atoms with Gasteiger partial charge < -0.3 is 4.52 Å². The van der Waals surface area contributed by atoms with Gasteiger partial charge in [-0.2, -0.15) is 4.98 Å². The molecule has 1 unspecified atom stereocenters. The maximum Gasteiger partial charge on any atom is 0.244 e. The lowest BCUT2D eigenvalue weighted by Gasteiger charge is -2.14. The van der Waals surface area contributed by atoms with Crippen molar-refractivity contribution >= 4 is 0 Å². The Labute approximate surface area is 72.2 Å². The quantitative estimate of drug-likeness (QED) is 0.624. The van der Waals surface area contributed by atoms with Gasteiger partial charge in [-0.25, -0.2) is 0 Å². The van der Waals surface area contributed by atoms with Crippen LogP contribution in [0.5, 0.6) is 0 Å². The Morgan fingerprint density at radius 2 is 2.33 bits per heavy atom. The van der Waals surface area contributed by atoms with E-state index in [0.717, 1.165) is 6.42 Å². The molecule has 1 rings (SSSR count). The Morgan fingerprint density at radius 1 is 1.67 bits per heavy atom. The molecule has 0 radical (unpaired) electrons. The molecule has 1 heterocycles. The van der Waals surface area contributed by atoms with Gasteiger partial charge in [0.05, 0.1) is 0 Å². The van der Waals surface area contributed by atoms with Crippen LogP contribution in [0, 0.1) is 19.3 Å². The second-order valence-electron chi connectivity index (χ2n) is 2.98. The summed E-state index contributed by atoms with van der Waals surface area (Å²) in [5.41, 5.74) is -0.415. The molecule has 64 valence electrons. The van der Waals surface area contributed by atoms with Gasteiger partial charge in [0.15, 0.2) is 5.82 Å². The first-order valence-electron chi connectivity index (χ1n) is 3.91. The molecule has 0 aliphatic carbocycles. The number of rotatable bonds is 2. The third-order valence-corrected chi connectivity index (χ3v) is 2.03. The smallest absolute Gasteiger partial charge is 0.244 e. The van der Waals surface area contributed by atoms with Crippen LogP contribution in [0.3, 0.4) is 0 Å². The van der Waals surface area contributed by atoms with Gasteiger partial charge in [0, 0.05) is 0 Å². The van der Waals surface area contributed by atoms with Crippen LogP contribution in [-0.2, 0) is 5.41 Å². The highest BCUT2D eigenvalue weighted by molar-refractivity contribution is 5.19. The zero-order valence-electron chi connectivity index (χ0n) is 7.59. The number of nitrogens with zero attached hydrogens (tertiary/aromatic N) is 2. The van der Waals surface area contributed by atoms with E-state index >= 15 is 0 Å². The molecular formula is C9H12N2O. The lowest BCUT2D eigenvalue weighted by Crippen LogP contribution is -2.18. The van der Waals surface area contributed by atoms with Gasteiger partial charge in [0.25, 0.3) is 0 Å². The lowest BCUT2D eigenvalue weighted by atomic mass is 9.89. The van der Waals surface area contributed by atoms with Gasteiger partial charge in [0.2, 0.25) is 5.89 Å². The molecular weight excluding hydrogens is 152 g/mol. The number of hydrogen-bond acceptors (Lipinski definition) is 3. The standard InChI is InChI=1S/C9H12N2O/c1-5-9(4,6-2)8-10-7(3)11-12-8/h1H,6H2,2-4H3. The highest BCUT2D eigenvalue weighted by Crippen LogP contribution is 2.24. The predicted octanol–water partition coefficient (Wildman–Crippen LogP) is 1.68. The van der Waals surface area contributed by atoms with E-state index in [4.69, 9.17) is 10.9 Å². The third-order valence-electron chi connectivity index (χ3n) is 2.03. The van der Waals surface area contributed by atoms with Crippen molar-refractivity contribution in [1.82, 2.24) is 10.1 Å². The second kappa shape index (κ2) is 2.98. The van der Waals surface area contributed by atoms with Gasteiger partial charge in [-0.1, -0.05) is 18.0 Å². The van der Waals surface area contributed by atoms with Gasteiger partial charge in [0.1, 0.15) is 5.41 Å². The number of aromatic nitrogens is 2. The molecule has 0 saturated carbocycles. The summed E-state index contributed by atoms with van der Waals surface area (Å²) in [4.78, 5) is 4.10. The van der Waals surface area contributed by atoms with E-state index in [-0.39, 0.29) is 0 Å². The zero-order valence-corrected chi connectivity index (χ0v) is 7.59. The molecule has 3 heteroatoms. The minimum Gasteiger partial charge on any atom is -0.338 e. The van der Waals surface area contributed by atoms with E-state index in [1.54, 1.807) is 6.92 Å². The fourth-order valence-electron chi connectivity index (χ4n) is 0.836. The van der Waals surface area contributed by atoms with E-state index < -0.39 is 5.41 Å². The van der Waals surface area contributed by atoms with E-state index in [1.165, 1.54) is 0 Å². The Bertz CT molecular complexity index is 311.